The van der Waals surface area contributed by atoms with Crippen molar-refractivity contribution in [2.75, 3.05) is 26.2 Å². The molecule has 104 valence electrons. The number of hydrogen-bond acceptors (Lipinski definition) is 3. The van der Waals surface area contributed by atoms with Gasteiger partial charge in [-0.1, -0.05) is 30.3 Å². The van der Waals surface area contributed by atoms with E-state index in [1.165, 1.54) is 0 Å². The average molecular weight is 261 g/mol. The van der Waals surface area contributed by atoms with Gasteiger partial charge in [-0.2, -0.15) is 0 Å². The van der Waals surface area contributed by atoms with Gasteiger partial charge in [0.25, 0.3) is 0 Å². The van der Waals surface area contributed by atoms with Crippen molar-refractivity contribution >= 4 is 5.91 Å². The minimum Gasteiger partial charge on any atom is -0.355 e. The van der Waals surface area contributed by atoms with Crippen LogP contribution in [0.4, 0.5) is 0 Å². The summed E-state index contributed by atoms with van der Waals surface area (Å²) in [6.07, 6.45) is 2.52. The minimum atomic E-state index is 0.0810. The van der Waals surface area contributed by atoms with E-state index in [-0.39, 0.29) is 11.3 Å². The van der Waals surface area contributed by atoms with Gasteiger partial charge >= 0.3 is 0 Å². The van der Waals surface area contributed by atoms with E-state index in [1.54, 1.807) is 0 Å². The van der Waals surface area contributed by atoms with Gasteiger partial charge in [-0.25, -0.2) is 0 Å². The first-order valence-corrected chi connectivity index (χ1v) is 6.96. The number of carbonyl (C=O) groups excluding carboxylic acids is 1. The summed E-state index contributed by atoms with van der Waals surface area (Å²) in [6, 6.07) is 9.82. The largest absolute Gasteiger partial charge is 0.355 e. The molecule has 0 radical (unpaired) electrons. The molecular weight excluding hydrogens is 238 g/mol. The summed E-state index contributed by atoms with van der Waals surface area (Å²) < 4.78 is 0. The number of piperidine rings is 1. The number of carbonyl (C=O) groups is 1. The first-order valence-electron chi connectivity index (χ1n) is 6.96. The van der Waals surface area contributed by atoms with Crippen molar-refractivity contribution in [3.63, 3.8) is 0 Å². The highest BCUT2D eigenvalue weighted by atomic mass is 16.1. The molecule has 0 aromatic heterocycles. The highest BCUT2D eigenvalue weighted by molar-refractivity contribution is 5.78. The Morgan fingerprint density at radius 3 is 2.58 bits per heavy atom. The molecule has 0 saturated carbocycles. The molecule has 1 aromatic rings. The predicted molar refractivity (Wildman–Crippen MR) is 76.7 cm³/mol. The summed E-state index contributed by atoms with van der Waals surface area (Å²) in [7, 11) is 0. The first kappa shape index (κ1) is 14.0. The molecule has 4 N–H and O–H groups in total. The van der Waals surface area contributed by atoms with Crippen molar-refractivity contribution in [3.8, 4) is 0 Å². The summed E-state index contributed by atoms with van der Waals surface area (Å²) in [5, 5.41) is 6.38. The molecule has 0 atom stereocenters. The van der Waals surface area contributed by atoms with Crippen molar-refractivity contribution in [2.45, 2.75) is 19.3 Å². The van der Waals surface area contributed by atoms with Crippen LogP contribution in [-0.2, 0) is 11.2 Å². The maximum absolute atomic E-state index is 11.9. The van der Waals surface area contributed by atoms with Gasteiger partial charge < -0.3 is 16.4 Å². The quantitative estimate of drug-likeness (QED) is 0.730. The molecule has 19 heavy (non-hydrogen) atoms. The summed E-state index contributed by atoms with van der Waals surface area (Å²) in [4.78, 5) is 11.9. The van der Waals surface area contributed by atoms with Crippen LogP contribution in [0.5, 0.6) is 0 Å². The van der Waals surface area contributed by atoms with E-state index < -0.39 is 0 Å². The predicted octanol–water partition coefficient (Wildman–Crippen LogP) is 0.674. The number of nitrogens with two attached hydrogens (primary N) is 1. The zero-order valence-electron chi connectivity index (χ0n) is 11.3. The van der Waals surface area contributed by atoms with Crippen LogP contribution < -0.4 is 16.4 Å². The minimum absolute atomic E-state index is 0.0810. The van der Waals surface area contributed by atoms with E-state index in [4.69, 9.17) is 5.73 Å². The van der Waals surface area contributed by atoms with Gasteiger partial charge in [0.2, 0.25) is 5.91 Å². The summed E-state index contributed by atoms with van der Waals surface area (Å²) in [6.45, 7) is 3.31. The van der Waals surface area contributed by atoms with E-state index in [9.17, 15) is 4.79 Å². The Hall–Kier alpha value is -1.39. The van der Waals surface area contributed by atoms with Gasteiger partial charge in [0.15, 0.2) is 0 Å². The van der Waals surface area contributed by atoms with Gasteiger partial charge in [-0.3, -0.25) is 4.79 Å². The number of amides is 1. The third-order valence-electron chi connectivity index (χ3n) is 3.97. The monoisotopic (exact) mass is 261 g/mol. The standard InChI is InChI=1S/C15H23N3O/c16-11-15(6-8-17-9-7-15)12-18-14(19)10-13-4-2-1-3-5-13/h1-5,17H,6-12,16H2,(H,18,19). The Morgan fingerprint density at radius 2 is 1.95 bits per heavy atom. The fraction of sp³-hybridized carbons (Fsp3) is 0.533. The van der Waals surface area contributed by atoms with Crippen LogP contribution in [0.2, 0.25) is 0 Å². The SMILES string of the molecule is NCC1(CNC(=O)Cc2ccccc2)CCNCC1. The molecule has 1 saturated heterocycles. The van der Waals surface area contributed by atoms with Crippen molar-refractivity contribution < 1.29 is 4.79 Å². The third-order valence-corrected chi connectivity index (χ3v) is 3.97. The maximum Gasteiger partial charge on any atom is 0.224 e. The Bertz CT molecular complexity index is 399. The molecule has 1 aliphatic heterocycles. The molecule has 0 aliphatic carbocycles. The normalized spacial score (nSPS) is 17.9. The fourth-order valence-electron chi connectivity index (χ4n) is 2.54. The van der Waals surface area contributed by atoms with Gasteiger partial charge in [-0.15, -0.1) is 0 Å². The lowest BCUT2D eigenvalue weighted by atomic mass is 9.79. The van der Waals surface area contributed by atoms with Crippen LogP contribution in [0.15, 0.2) is 30.3 Å². The summed E-state index contributed by atoms with van der Waals surface area (Å²) in [5.41, 5.74) is 7.03. The van der Waals surface area contributed by atoms with Crippen LogP contribution in [0.1, 0.15) is 18.4 Å². The molecule has 1 heterocycles. The Labute approximate surface area is 114 Å². The second-order valence-corrected chi connectivity index (χ2v) is 5.39. The molecule has 1 aliphatic rings. The molecule has 2 rings (SSSR count). The van der Waals surface area contributed by atoms with Gasteiger partial charge in [0.1, 0.15) is 0 Å². The van der Waals surface area contributed by atoms with Crippen molar-refractivity contribution in [1.82, 2.24) is 10.6 Å². The van der Waals surface area contributed by atoms with Crippen LogP contribution >= 0.6 is 0 Å². The van der Waals surface area contributed by atoms with E-state index in [0.717, 1.165) is 31.5 Å². The number of hydrogen-bond donors (Lipinski definition) is 3. The summed E-state index contributed by atoms with van der Waals surface area (Å²) in [5.74, 6) is 0.0811. The molecule has 0 spiro atoms. The molecule has 1 aromatic carbocycles. The van der Waals surface area contributed by atoms with E-state index >= 15 is 0 Å². The molecule has 0 unspecified atom stereocenters. The van der Waals surface area contributed by atoms with Gasteiger partial charge in [-0.05, 0) is 38.0 Å². The number of nitrogens with one attached hydrogen (secondary N) is 2. The van der Waals surface area contributed by atoms with Crippen LogP contribution in [0.3, 0.4) is 0 Å². The lowest BCUT2D eigenvalue weighted by molar-refractivity contribution is -0.121. The third kappa shape index (κ3) is 4.04. The molecule has 0 bridgehead atoms. The highest BCUT2D eigenvalue weighted by Gasteiger charge is 2.30. The lowest BCUT2D eigenvalue weighted by Gasteiger charge is -2.36. The van der Waals surface area contributed by atoms with Crippen molar-refractivity contribution in [3.05, 3.63) is 35.9 Å². The van der Waals surface area contributed by atoms with Crippen molar-refractivity contribution in [2.24, 2.45) is 11.1 Å². The topological polar surface area (TPSA) is 67.1 Å². The fourth-order valence-corrected chi connectivity index (χ4v) is 2.54. The lowest BCUT2D eigenvalue weighted by Crippen LogP contribution is -2.48. The Kier molecular flexibility index (Phi) is 4.93. The second kappa shape index (κ2) is 6.68. The molecule has 4 heteroatoms. The molecular formula is C15H23N3O. The average Bonchev–Trinajstić information content (AvgIpc) is 2.47. The first-order chi connectivity index (χ1) is 9.24. The van der Waals surface area contributed by atoms with Crippen LogP contribution in [0, 0.1) is 5.41 Å². The Morgan fingerprint density at radius 1 is 1.26 bits per heavy atom. The highest BCUT2D eigenvalue weighted by Crippen LogP contribution is 2.26. The molecule has 1 fully saturated rings. The van der Waals surface area contributed by atoms with Gasteiger partial charge in [0.05, 0.1) is 6.42 Å². The van der Waals surface area contributed by atoms with Crippen LogP contribution in [0.25, 0.3) is 0 Å². The van der Waals surface area contributed by atoms with Crippen LogP contribution in [-0.4, -0.2) is 32.1 Å². The second-order valence-electron chi connectivity index (χ2n) is 5.39. The zero-order valence-corrected chi connectivity index (χ0v) is 11.3. The summed E-state index contributed by atoms with van der Waals surface area (Å²) >= 11 is 0. The Balaban J connectivity index is 1.82. The van der Waals surface area contributed by atoms with Crippen molar-refractivity contribution in [1.29, 1.82) is 0 Å². The van der Waals surface area contributed by atoms with Gasteiger partial charge in [0, 0.05) is 12.0 Å². The molecule has 1 amide bonds. The van der Waals surface area contributed by atoms with E-state index in [0.29, 0.717) is 19.5 Å². The maximum atomic E-state index is 11.9. The number of rotatable bonds is 5. The molecule has 4 nitrogen and oxygen atoms in total. The van der Waals surface area contributed by atoms with E-state index in [2.05, 4.69) is 10.6 Å². The number of benzene rings is 1. The van der Waals surface area contributed by atoms with E-state index in [1.807, 2.05) is 30.3 Å². The zero-order chi connectivity index (χ0) is 13.6. The smallest absolute Gasteiger partial charge is 0.224 e.